The van der Waals surface area contributed by atoms with Gasteiger partial charge >= 0.3 is 0 Å². The minimum Gasteiger partial charge on any atom is -0.497 e. The van der Waals surface area contributed by atoms with Crippen molar-refractivity contribution in [3.8, 4) is 5.75 Å². The van der Waals surface area contributed by atoms with Crippen LogP contribution in [0, 0.1) is 11.8 Å². The van der Waals surface area contributed by atoms with E-state index < -0.39 is 0 Å². The summed E-state index contributed by atoms with van der Waals surface area (Å²) in [4.78, 5) is 0. The number of hydrogen-bond acceptors (Lipinski definition) is 2. The monoisotopic (exact) mass is 289 g/mol. The maximum Gasteiger partial charge on any atom is 0.118 e. The maximum absolute atomic E-state index is 5.26. The number of benzene rings is 1. The summed E-state index contributed by atoms with van der Waals surface area (Å²) in [6.07, 6.45) is 6.62. The number of nitrogens with one attached hydrogen (secondary N) is 1. The molecule has 2 rings (SSSR count). The van der Waals surface area contributed by atoms with Crippen molar-refractivity contribution < 1.29 is 4.74 Å². The molecule has 3 unspecified atom stereocenters. The van der Waals surface area contributed by atoms with Gasteiger partial charge in [-0.3, -0.25) is 0 Å². The Morgan fingerprint density at radius 3 is 2.38 bits per heavy atom. The Balaban J connectivity index is 2.06. The van der Waals surface area contributed by atoms with Gasteiger partial charge in [0.1, 0.15) is 5.75 Å². The van der Waals surface area contributed by atoms with Crippen molar-refractivity contribution in [2.24, 2.45) is 11.8 Å². The SMILES string of the molecule is CCC(NC1CCCCC1C(C)C)c1ccc(OC)cc1. The van der Waals surface area contributed by atoms with Crippen molar-refractivity contribution >= 4 is 0 Å². The van der Waals surface area contributed by atoms with Crippen LogP contribution in [0.25, 0.3) is 0 Å². The van der Waals surface area contributed by atoms with Crippen LogP contribution in [-0.2, 0) is 0 Å². The van der Waals surface area contributed by atoms with Crippen LogP contribution in [-0.4, -0.2) is 13.2 Å². The lowest BCUT2D eigenvalue weighted by Gasteiger charge is -2.37. The van der Waals surface area contributed by atoms with Crippen molar-refractivity contribution in [1.82, 2.24) is 5.32 Å². The Kier molecular flexibility index (Phi) is 6.10. The minimum absolute atomic E-state index is 0.459. The van der Waals surface area contributed by atoms with Crippen molar-refractivity contribution in [2.75, 3.05) is 7.11 Å². The molecule has 1 fully saturated rings. The average molecular weight is 289 g/mol. The predicted octanol–water partition coefficient (Wildman–Crippen LogP) is 4.95. The van der Waals surface area contributed by atoms with Gasteiger partial charge in [-0.05, 0) is 48.8 Å². The maximum atomic E-state index is 5.26. The first kappa shape index (κ1) is 16.4. The summed E-state index contributed by atoms with van der Waals surface area (Å²) in [6.45, 7) is 7.02. The fourth-order valence-corrected chi connectivity index (χ4v) is 3.71. The highest BCUT2D eigenvalue weighted by molar-refractivity contribution is 5.29. The summed E-state index contributed by atoms with van der Waals surface area (Å²) < 4.78 is 5.26. The van der Waals surface area contributed by atoms with Gasteiger partial charge in [0, 0.05) is 12.1 Å². The predicted molar refractivity (Wildman–Crippen MR) is 89.7 cm³/mol. The van der Waals surface area contributed by atoms with Crippen molar-refractivity contribution in [3.05, 3.63) is 29.8 Å². The topological polar surface area (TPSA) is 21.3 Å². The molecule has 0 bridgehead atoms. The standard InChI is InChI=1S/C19H31NO/c1-5-18(15-10-12-16(21-4)13-11-15)20-19-9-7-6-8-17(19)14(2)3/h10-14,17-20H,5-9H2,1-4H3. The number of methoxy groups -OCH3 is 1. The van der Waals surface area contributed by atoms with E-state index in [1.807, 2.05) is 0 Å². The minimum atomic E-state index is 0.459. The highest BCUT2D eigenvalue weighted by Gasteiger charge is 2.29. The molecule has 0 amide bonds. The molecule has 0 spiro atoms. The zero-order valence-electron chi connectivity index (χ0n) is 14.1. The van der Waals surface area contributed by atoms with Gasteiger partial charge in [0.05, 0.1) is 7.11 Å². The van der Waals surface area contributed by atoms with E-state index in [9.17, 15) is 0 Å². The molecule has 1 N–H and O–H groups in total. The van der Waals surface area contributed by atoms with Crippen LogP contribution >= 0.6 is 0 Å². The molecule has 0 saturated heterocycles. The largest absolute Gasteiger partial charge is 0.497 e. The fourth-order valence-electron chi connectivity index (χ4n) is 3.71. The van der Waals surface area contributed by atoms with Crippen molar-refractivity contribution in [2.45, 2.75) is 65.0 Å². The number of hydrogen-bond donors (Lipinski definition) is 1. The Morgan fingerprint density at radius 2 is 1.81 bits per heavy atom. The second-order valence-corrected chi connectivity index (χ2v) is 6.70. The van der Waals surface area contributed by atoms with Crippen LogP contribution in [0.3, 0.4) is 0 Å². The van der Waals surface area contributed by atoms with E-state index in [0.29, 0.717) is 12.1 Å². The molecule has 1 saturated carbocycles. The number of rotatable bonds is 6. The molecular weight excluding hydrogens is 258 g/mol. The normalized spacial score (nSPS) is 24.0. The summed E-state index contributed by atoms with van der Waals surface area (Å²) in [6, 6.07) is 9.67. The molecule has 1 aromatic rings. The smallest absolute Gasteiger partial charge is 0.118 e. The molecule has 3 atom stereocenters. The van der Waals surface area contributed by atoms with Crippen LogP contribution in [0.15, 0.2) is 24.3 Å². The molecule has 0 radical (unpaired) electrons. The molecule has 1 aliphatic rings. The second kappa shape index (κ2) is 7.84. The number of ether oxygens (including phenoxy) is 1. The Morgan fingerprint density at radius 1 is 1.14 bits per heavy atom. The first-order chi connectivity index (χ1) is 10.2. The molecular formula is C19H31NO. The molecule has 1 aromatic carbocycles. The quantitative estimate of drug-likeness (QED) is 0.800. The van der Waals surface area contributed by atoms with Gasteiger partial charge in [-0.2, -0.15) is 0 Å². The summed E-state index contributed by atoms with van der Waals surface area (Å²) >= 11 is 0. The Hall–Kier alpha value is -1.02. The van der Waals surface area contributed by atoms with Crippen molar-refractivity contribution in [1.29, 1.82) is 0 Å². The highest BCUT2D eigenvalue weighted by Crippen LogP contribution is 2.32. The van der Waals surface area contributed by atoms with E-state index in [1.165, 1.54) is 31.2 Å². The van der Waals surface area contributed by atoms with Crippen LogP contribution in [0.1, 0.15) is 64.5 Å². The highest BCUT2D eigenvalue weighted by atomic mass is 16.5. The lowest BCUT2D eigenvalue weighted by molar-refractivity contribution is 0.190. The lowest BCUT2D eigenvalue weighted by atomic mass is 9.77. The third-order valence-electron chi connectivity index (χ3n) is 5.02. The van der Waals surface area contributed by atoms with Gasteiger partial charge in [-0.15, -0.1) is 0 Å². The van der Waals surface area contributed by atoms with Gasteiger partial charge in [0.15, 0.2) is 0 Å². The zero-order valence-corrected chi connectivity index (χ0v) is 14.1. The fraction of sp³-hybridized carbons (Fsp3) is 0.684. The first-order valence-electron chi connectivity index (χ1n) is 8.55. The van der Waals surface area contributed by atoms with Crippen LogP contribution in [0.2, 0.25) is 0 Å². The van der Waals surface area contributed by atoms with Gasteiger partial charge in [0.25, 0.3) is 0 Å². The molecule has 118 valence electrons. The van der Waals surface area contributed by atoms with Gasteiger partial charge < -0.3 is 10.1 Å². The van der Waals surface area contributed by atoms with Crippen LogP contribution in [0.5, 0.6) is 5.75 Å². The van der Waals surface area contributed by atoms with E-state index in [4.69, 9.17) is 4.74 Å². The van der Waals surface area contributed by atoms with E-state index in [-0.39, 0.29) is 0 Å². The van der Waals surface area contributed by atoms with Gasteiger partial charge in [0.2, 0.25) is 0 Å². The molecule has 0 aliphatic heterocycles. The molecule has 2 nitrogen and oxygen atoms in total. The van der Waals surface area contributed by atoms with E-state index >= 15 is 0 Å². The third kappa shape index (κ3) is 4.23. The lowest BCUT2D eigenvalue weighted by Crippen LogP contribution is -2.42. The Labute approximate surface area is 130 Å². The summed E-state index contributed by atoms with van der Waals surface area (Å²) in [7, 11) is 1.72. The molecule has 2 heteroatoms. The summed E-state index contributed by atoms with van der Waals surface area (Å²) in [5, 5.41) is 3.95. The summed E-state index contributed by atoms with van der Waals surface area (Å²) in [5.74, 6) is 2.54. The summed E-state index contributed by atoms with van der Waals surface area (Å²) in [5.41, 5.74) is 1.38. The van der Waals surface area contributed by atoms with Crippen molar-refractivity contribution in [3.63, 3.8) is 0 Å². The molecule has 21 heavy (non-hydrogen) atoms. The Bertz CT molecular complexity index is 412. The first-order valence-corrected chi connectivity index (χ1v) is 8.55. The third-order valence-corrected chi connectivity index (χ3v) is 5.02. The van der Waals surface area contributed by atoms with E-state index in [1.54, 1.807) is 7.11 Å². The van der Waals surface area contributed by atoms with Crippen LogP contribution < -0.4 is 10.1 Å². The zero-order chi connectivity index (χ0) is 15.2. The molecule has 1 aliphatic carbocycles. The second-order valence-electron chi connectivity index (χ2n) is 6.70. The van der Waals surface area contributed by atoms with E-state index in [2.05, 4.69) is 50.4 Å². The van der Waals surface area contributed by atoms with Gasteiger partial charge in [-0.25, -0.2) is 0 Å². The van der Waals surface area contributed by atoms with Crippen LogP contribution in [0.4, 0.5) is 0 Å². The van der Waals surface area contributed by atoms with Gasteiger partial charge in [-0.1, -0.05) is 45.7 Å². The molecule has 0 aromatic heterocycles. The average Bonchev–Trinajstić information content (AvgIpc) is 2.53. The molecule has 0 heterocycles. The van der Waals surface area contributed by atoms with E-state index in [0.717, 1.165) is 24.0 Å².